The molecule has 14 heavy (non-hydrogen) atoms. The third-order valence-corrected chi connectivity index (χ3v) is 1.84. The number of rotatable bonds is 5. The lowest BCUT2D eigenvalue weighted by atomic mass is 10.1. The van der Waals surface area contributed by atoms with E-state index in [2.05, 4.69) is 5.32 Å². The van der Waals surface area contributed by atoms with Crippen LogP contribution >= 0.6 is 0 Å². The van der Waals surface area contributed by atoms with Crippen LogP contribution < -0.4 is 5.32 Å². The molecule has 1 rings (SSSR count). The third-order valence-electron chi connectivity index (χ3n) is 1.84. The summed E-state index contributed by atoms with van der Waals surface area (Å²) in [4.78, 5) is 10.9. The highest BCUT2D eigenvalue weighted by atomic mass is 16.4. The molecular formula is C10H13NO3. The molecule has 4 nitrogen and oxygen atoms in total. The Morgan fingerprint density at radius 2 is 2.00 bits per heavy atom. The Labute approximate surface area is 82.2 Å². The molecule has 1 aromatic carbocycles. The fourth-order valence-corrected chi connectivity index (χ4v) is 1.20. The average Bonchev–Trinajstić information content (AvgIpc) is 2.19. The molecule has 1 atom stereocenters. The zero-order valence-corrected chi connectivity index (χ0v) is 7.68. The first-order chi connectivity index (χ1) is 6.75. The van der Waals surface area contributed by atoms with Crippen molar-refractivity contribution >= 4 is 5.97 Å². The van der Waals surface area contributed by atoms with Crippen LogP contribution in [0.1, 0.15) is 11.6 Å². The molecule has 0 aromatic heterocycles. The second-order valence-corrected chi connectivity index (χ2v) is 2.86. The second-order valence-electron chi connectivity index (χ2n) is 2.86. The van der Waals surface area contributed by atoms with Crippen LogP contribution in [0.5, 0.6) is 0 Å². The maximum Gasteiger partial charge on any atom is 0.325 e. The van der Waals surface area contributed by atoms with Gasteiger partial charge in [-0.1, -0.05) is 30.3 Å². The monoisotopic (exact) mass is 195 g/mol. The van der Waals surface area contributed by atoms with E-state index >= 15 is 0 Å². The molecule has 0 fully saturated rings. The lowest BCUT2D eigenvalue weighted by Crippen LogP contribution is -2.30. The highest BCUT2D eigenvalue weighted by Gasteiger charge is 2.17. The minimum atomic E-state index is -0.940. The first-order valence-corrected chi connectivity index (χ1v) is 4.37. The van der Waals surface area contributed by atoms with Crippen molar-refractivity contribution in [2.24, 2.45) is 0 Å². The van der Waals surface area contributed by atoms with Crippen LogP contribution in [0.3, 0.4) is 0 Å². The molecule has 0 radical (unpaired) electrons. The van der Waals surface area contributed by atoms with Gasteiger partial charge < -0.3 is 10.2 Å². The summed E-state index contributed by atoms with van der Waals surface area (Å²) in [6, 6.07) is 8.13. The number of hydrogen-bond donors (Lipinski definition) is 3. The highest BCUT2D eigenvalue weighted by molar-refractivity contribution is 5.75. The van der Waals surface area contributed by atoms with E-state index in [0.29, 0.717) is 5.56 Å². The van der Waals surface area contributed by atoms with Crippen LogP contribution in [0.2, 0.25) is 0 Å². The summed E-state index contributed by atoms with van der Waals surface area (Å²) in [5.74, 6) is -0.940. The number of carboxylic acid groups (broad SMARTS) is 1. The van der Waals surface area contributed by atoms with E-state index in [0.717, 1.165) is 0 Å². The van der Waals surface area contributed by atoms with E-state index in [1.54, 1.807) is 24.3 Å². The minimum absolute atomic E-state index is 0.0728. The van der Waals surface area contributed by atoms with Gasteiger partial charge in [0.2, 0.25) is 0 Å². The molecule has 3 N–H and O–H groups in total. The Kier molecular flexibility index (Phi) is 4.10. The van der Waals surface area contributed by atoms with Crippen LogP contribution in [0, 0.1) is 0 Å². The zero-order valence-electron chi connectivity index (χ0n) is 7.68. The van der Waals surface area contributed by atoms with E-state index in [1.807, 2.05) is 6.07 Å². The van der Waals surface area contributed by atoms with Crippen molar-refractivity contribution in [2.45, 2.75) is 6.04 Å². The molecule has 0 saturated heterocycles. The van der Waals surface area contributed by atoms with Crippen molar-refractivity contribution in [3.8, 4) is 0 Å². The molecule has 4 heteroatoms. The summed E-state index contributed by atoms with van der Waals surface area (Å²) in [6.45, 7) is 0.197. The van der Waals surface area contributed by atoms with Crippen molar-refractivity contribution < 1.29 is 15.0 Å². The van der Waals surface area contributed by atoms with Gasteiger partial charge in [-0.2, -0.15) is 0 Å². The van der Waals surface area contributed by atoms with Crippen LogP contribution in [0.25, 0.3) is 0 Å². The second kappa shape index (κ2) is 5.36. The van der Waals surface area contributed by atoms with Crippen LogP contribution in [-0.2, 0) is 4.79 Å². The van der Waals surface area contributed by atoms with Gasteiger partial charge >= 0.3 is 5.97 Å². The third kappa shape index (κ3) is 2.83. The van der Waals surface area contributed by atoms with Crippen LogP contribution in [0.15, 0.2) is 30.3 Å². The molecule has 0 amide bonds. The van der Waals surface area contributed by atoms with Gasteiger partial charge in [0.25, 0.3) is 0 Å². The smallest absolute Gasteiger partial charge is 0.325 e. The van der Waals surface area contributed by atoms with Gasteiger partial charge in [0.1, 0.15) is 6.04 Å². The van der Waals surface area contributed by atoms with Gasteiger partial charge in [0.05, 0.1) is 6.61 Å². The van der Waals surface area contributed by atoms with Crippen molar-refractivity contribution in [3.63, 3.8) is 0 Å². The molecule has 0 spiro atoms. The Morgan fingerprint density at radius 3 is 2.50 bits per heavy atom. The van der Waals surface area contributed by atoms with Crippen LogP contribution in [0.4, 0.5) is 0 Å². The van der Waals surface area contributed by atoms with E-state index < -0.39 is 12.0 Å². The summed E-state index contributed by atoms with van der Waals surface area (Å²) in [6.07, 6.45) is 0. The number of aliphatic hydroxyl groups is 1. The van der Waals surface area contributed by atoms with Gasteiger partial charge in [-0.05, 0) is 5.56 Å². The Morgan fingerprint density at radius 1 is 1.36 bits per heavy atom. The molecule has 0 aliphatic carbocycles. The Bertz CT molecular complexity index is 287. The predicted octanol–water partition coefficient (Wildman–Crippen LogP) is 0.394. The number of carboxylic acids is 1. The summed E-state index contributed by atoms with van der Waals surface area (Å²) < 4.78 is 0. The van der Waals surface area contributed by atoms with Crippen molar-refractivity contribution in [1.82, 2.24) is 5.32 Å². The number of aliphatic hydroxyl groups excluding tert-OH is 1. The highest BCUT2D eigenvalue weighted by Crippen LogP contribution is 2.11. The number of carbonyl (C=O) groups is 1. The molecule has 0 heterocycles. The first kappa shape index (κ1) is 10.7. The maximum atomic E-state index is 10.9. The standard InChI is InChI=1S/C10H13NO3/c12-7-6-11-9(10(13)14)8-4-2-1-3-5-8/h1-5,9,11-12H,6-7H2,(H,13,14). The quantitative estimate of drug-likeness (QED) is 0.636. The minimum Gasteiger partial charge on any atom is -0.480 e. The van der Waals surface area contributed by atoms with Crippen molar-refractivity contribution in [3.05, 3.63) is 35.9 Å². The zero-order chi connectivity index (χ0) is 10.4. The number of nitrogens with one attached hydrogen (secondary N) is 1. The molecule has 1 unspecified atom stereocenters. The molecule has 0 bridgehead atoms. The molecule has 76 valence electrons. The Balaban J connectivity index is 2.73. The van der Waals surface area contributed by atoms with Crippen molar-refractivity contribution in [1.29, 1.82) is 0 Å². The molecule has 0 saturated carbocycles. The number of benzene rings is 1. The normalized spacial score (nSPS) is 12.4. The molecule has 0 aliphatic rings. The topological polar surface area (TPSA) is 69.6 Å². The average molecular weight is 195 g/mol. The van der Waals surface area contributed by atoms with E-state index in [4.69, 9.17) is 10.2 Å². The molecule has 1 aromatic rings. The largest absolute Gasteiger partial charge is 0.480 e. The summed E-state index contributed by atoms with van der Waals surface area (Å²) >= 11 is 0. The van der Waals surface area contributed by atoms with Gasteiger partial charge in [0, 0.05) is 6.54 Å². The molecule has 0 aliphatic heterocycles. The van der Waals surface area contributed by atoms with E-state index in [-0.39, 0.29) is 13.2 Å². The van der Waals surface area contributed by atoms with E-state index in [9.17, 15) is 4.79 Å². The van der Waals surface area contributed by atoms with Gasteiger partial charge in [-0.25, -0.2) is 0 Å². The van der Waals surface area contributed by atoms with Crippen LogP contribution in [-0.4, -0.2) is 29.3 Å². The summed E-state index contributed by atoms with van der Waals surface area (Å²) in [5.41, 5.74) is 0.688. The maximum absolute atomic E-state index is 10.9. The SMILES string of the molecule is O=C(O)C(NCCO)c1ccccc1. The summed E-state index contributed by atoms with van der Waals surface area (Å²) in [5, 5.41) is 20.2. The predicted molar refractivity (Wildman–Crippen MR) is 51.9 cm³/mol. The summed E-state index contributed by atoms with van der Waals surface area (Å²) in [7, 11) is 0. The lowest BCUT2D eigenvalue weighted by molar-refractivity contribution is -0.139. The van der Waals surface area contributed by atoms with E-state index in [1.165, 1.54) is 0 Å². The fourth-order valence-electron chi connectivity index (χ4n) is 1.20. The lowest BCUT2D eigenvalue weighted by Gasteiger charge is -2.13. The van der Waals surface area contributed by atoms with Gasteiger partial charge in [-0.3, -0.25) is 10.1 Å². The van der Waals surface area contributed by atoms with Crippen molar-refractivity contribution in [2.75, 3.05) is 13.2 Å². The number of aliphatic carboxylic acids is 1. The molecular weight excluding hydrogens is 182 g/mol. The van der Waals surface area contributed by atoms with Gasteiger partial charge in [-0.15, -0.1) is 0 Å². The van der Waals surface area contributed by atoms with Gasteiger partial charge in [0.15, 0.2) is 0 Å². The fraction of sp³-hybridized carbons (Fsp3) is 0.300. The number of hydrogen-bond acceptors (Lipinski definition) is 3. The Hall–Kier alpha value is -1.39. The first-order valence-electron chi connectivity index (χ1n) is 4.37.